The summed E-state index contributed by atoms with van der Waals surface area (Å²) in [6, 6.07) is 3.56. The van der Waals surface area contributed by atoms with Crippen LogP contribution in [0.25, 0.3) is 0 Å². The third kappa shape index (κ3) is 4.91. The molecule has 2 heterocycles. The first kappa shape index (κ1) is 17.7. The van der Waals surface area contributed by atoms with Gasteiger partial charge in [0.05, 0.1) is 5.92 Å². The topological polar surface area (TPSA) is 56.8 Å². The van der Waals surface area contributed by atoms with Gasteiger partial charge in [-0.05, 0) is 25.7 Å². The molecular weight excluding hydrogens is 316 g/mol. The number of carbonyl (C=O) groups is 2. The Bertz CT molecular complexity index is 562. The number of aromatic nitrogens is 1. The van der Waals surface area contributed by atoms with Crippen LogP contribution < -0.4 is 0 Å². The summed E-state index contributed by atoms with van der Waals surface area (Å²) >= 11 is 5.76. The number of hydrogen-bond donors (Lipinski definition) is 0. The van der Waals surface area contributed by atoms with Crippen LogP contribution in [0.15, 0.2) is 18.3 Å². The fourth-order valence-corrected chi connectivity index (χ4v) is 2.75. The van der Waals surface area contributed by atoms with Crippen molar-refractivity contribution in [3.63, 3.8) is 0 Å². The largest absolute Gasteiger partial charge is 0.341 e. The highest BCUT2D eigenvalue weighted by molar-refractivity contribution is 6.29. The van der Waals surface area contributed by atoms with Gasteiger partial charge in [-0.3, -0.25) is 9.59 Å². The van der Waals surface area contributed by atoms with E-state index < -0.39 is 0 Å². The first-order valence-electron chi connectivity index (χ1n) is 7.64. The molecule has 1 aliphatic heterocycles. The van der Waals surface area contributed by atoms with Crippen molar-refractivity contribution in [3.05, 3.63) is 29.0 Å². The van der Waals surface area contributed by atoms with Gasteiger partial charge in [-0.25, -0.2) is 4.98 Å². The van der Waals surface area contributed by atoms with E-state index in [1.807, 2.05) is 25.1 Å². The van der Waals surface area contributed by atoms with Crippen LogP contribution in [-0.4, -0.2) is 72.3 Å². The predicted molar refractivity (Wildman–Crippen MR) is 89.0 cm³/mol. The van der Waals surface area contributed by atoms with Gasteiger partial charge in [0, 0.05) is 45.8 Å². The Kier molecular flexibility index (Phi) is 5.96. The van der Waals surface area contributed by atoms with Crippen molar-refractivity contribution >= 4 is 23.4 Å². The van der Waals surface area contributed by atoms with E-state index in [1.165, 1.54) is 0 Å². The molecule has 7 heteroatoms. The molecule has 0 saturated carbocycles. The molecule has 1 aliphatic rings. The van der Waals surface area contributed by atoms with Crippen molar-refractivity contribution < 1.29 is 9.59 Å². The number of likely N-dealkylation sites (tertiary alicyclic amines) is 1. The van der Waals surface area contributed by atoms with Crippen LogP contribution >= 0.6 is 11.6 Å². The Morgan fingerprint density at radius 1 is 1.39 bits per heavy atom. The van der Waals surface area contributed by atoms with E-state index in [1.54, 1.807) is 29.1 Å². The molecule has 126 valence electrons. The van der Waals surface area contributed by atoms with E-state index in [4.69, 9.17) is 11.6 Å². The molecule has 0 N–H and O–H groups in total. The summed E-state index contributed by atoms with van der Waals surface area (Å²) in [7, 11) is 5.69. The third-order valence-electron chi connectivity index (χ3n) is 3.97. The fourth-order valence-electron chi connectivity index (χ4n) is 2.64. The van der Waals surface area contributed by atoms with E-state index in [0.717, 1.165) is 12.1 Å². The molecule has 0 radical (unpaired) electrons. The van der Waals surface area contributed by atoms with Gasteiger partial charge in [-0.2, -0.15) is 0 Å². The smallest absolute Gasteiger partial charge is 0.228 e. The van der Waals surface area contributed by atoms with Gasteiger partial charge >= 0.3 is 0 Å². The molecular formula is C16H23ClN4O2. The van der Waals surface area contributed by atoms with E-state index >= 15 is 0 Å². The molecule has 1 fully saturated rings. The van der Waals surface area contributed by atoms with Gasteiger partial charge in [0.2, 0.25) is 11.8 Å². The van der Waals surface area contributed by atoms with Crippen molar-refractivity contribution in [2.45, 2.75) is 13.0 Å². The molecule has 0 bridgehead atoms. The predicted octanol–water partition coefficient (Wildman–Crippen LogP) is 1.10. The van der Waals surface area contributed by atoms with Crippen LogP contribution in [0.5, 0.6) is 0 Å². The molecule has 6 nitrogen and oxygen atoms in total. The average Bonchev–Trinajstić information content (AvgIpc) is 2.87. The normalized spacial score (nSPS) is 17.9. The lowest BCUT2D eigenvalue weighted by atomic mass is 10.1. The molecule has 1 saturated heterocycles. The molecule has 0 unspecified atom stereocenters. The maximum absolute atomic E-state index is 12.5. The van der Waals surface area contributed by atoms with Crippen molar-refractivity contribution in [1.29, 1.82) is 0 Å². The fraction of sp³-hybridized carbons (Fsp3) is 0.562. The molecule has 0 spiro atoms. The van der Waals surface area contributed by atoms with Crippen LogP contribution in [0, 0.1) is 5.92 Å². The average molecular weight is 339 g/mol. The molecule has 0 aliphatic carbocycles. The van der Waals surface area contributed by atoms with E-state index in [0.29, 0.717) is 31.2 Å². The Hall–Kier alpha value is -1.66. The van der Waals surface area contributed by atoms with Crippen molar-refractivity contribution in [2.75, 3.05) is 40.8 Å². The number of nitrogens with zero attached hydrogens (tertiary/aromatic N) is 4. The number of rotatable bonds is 6. The summed E-state index contributed by atoms with van der Waals surface area (Å²) in [5, 5.41) is 0.431. The summed E-state index contributed by atoms with van der Waals surface area (Å²) in [5.74, 6) is -0.192. The monoisotopic (exact) mass is 338 g/mol. The van der Waals surface area contributed by atoms with Crippen LogP contribution in [0.1, 0.15) is 12.0 Å². The third-order valence-corrected chi connectivity index (χ3v) is 4.19. The molecule has 1 aromatic heterocycles. The van der Waals surface area contributed by atoms with Crippen molar-refractivity contribution in [2.24, 2.45) is 5.92 Å². The summed E-state index contributed by atoms with van der Waals surface area (Å²) in [4.78, 5) is 34.0. The number of pyridine rings is 1. The number of carbonyl (C=O) groups excluding carboxylic acids is 2. The molecule has 23 heavy (non-hydrogen) atoms. The standard InChI is InChI=1S/C16H23ClN4O2/c1-19(2)6-7-21-11-13(8-15(21)22)16(23)20(3)10-12-4-5-14(17)18-9-12/h4-5,9,13H,6-8,10-11H2,1-3H3/t13-/m0/s1. The molecule has 2 rings (SSSR count). The number of hydrogen-bond acceptors (Lipinski definition) is 4. The number of amides is 2. The van der Waals surface area contributed by atoms with Gasteiger partial charge < -0.3 is 14.7 Å². The van der Waals surface area contributed by atoms with E-state index in [9.17, 15) is 9.59 Å². The summed E-state index contributed by atoms with van der Waals surface area (Å²) < 4.78 is 0. The SMILES string of the molecule is CN(C)CCN1C[C@@H](C(=O)N(C)Cc2ccc(Cl)nc2)CC1=O. The minimum absolute atomic E-state index is 0.000605. The summed E-state index contributed by atoms with van der Waals surface area (Å²) in [6.45, 7) is 2.44. The first-order valence-corrected chi connectivity index (χ1v) is 8.02. The zero-order valence-corrected chi connectivity index (χ0v) is 14.6. The Labute approximate surface area is 142 Å². The molecule has 1 aromatic rings. The number of likely N-dealkylation sites (N-methyl/N-ethyl adjacent to an activating group) is 1. The maximum Gasteiger partial charge on any atom is 0.228 e. The minimum atomic E-state index is -0.255. The van der Waals surface area contributed by atoms with Crippen molar-refractivity contribution in [3.8, 4) is 0 Å². The maximum atomic E-state index is 12.5. The summed E-state index contributed by atoms with van der Waals surface area (Å²) in [6.07, 6.45) is 1.96. The number of halogens is 1. The van der Waals surface area contributed by atoms with Crippen molar-refractivity contribution in [1.82, 2.24) is 19.7 Å². The van der Waals surface area contributed by atoms with Crippen LogP contribution in [-0.2, 0) is 16.1 Å². The summed E-state index contributed by atoms with van der Waals surface area (Å²) in [5.41, 5.74) is 0.916. The lowest BCUT2D eigenvalue weighted by Crippen LogP contribution is -2.36. The molecule has 2 amide bonds. The lowest BCUT2D eigenvalue weighted by Gasteiger charge is -2.22. The van der Waals surface area contributed by atoms with Gasteiger partial charge in [-0.15, -0.1) is 0 Å². The van der Waals surface area contributed by atoms with E-state index in [-0.39, 0.29) is 17.7 Å². The minimum Gasteiger partial charge on any atom is -0.341 e. The van der Waals surface area contributed by atoms with Gasteiger partial charge in [-0.1, -0.05) is 17.7 Å². The second-order valence-electron chi connectivity index (χ2n) is 6.23. The van der Waals surface area contributed by atoms with E-state index in [2.05, 4.69) is 4.98 Å². The van der Waals surface area contributed by atoms with Gasteiger partial charge in [0.1, 0.15) is 5.15 Å². The Morgan fingerprint density at radius 2 is 2.13 bits per heavy atom. The first-order chi connectivity index (χ1) is 10.9. The van der Waals surface area contributed by atoms with Crippen LogP contribution in [0.2, 0.25) is 5.15 Å². The van der Waals surface area contributed by atoms with Gasteiger partial charge in [0.25, 0.3) is 0 Å². The zero-order chi connectivity index (χ0) is 17.0. The lowest BCUT2D eigenvalue weighted by molar-refractivity contribution is -0.135. The second-order valence-corrected chi connectivity index (χ2v) is 6.61. The Morgan fingerprint density at radius 3 is 2.74 bits per heavy atom. The van der Waals surface area contributed by atoms with Gasteiger partial charge in [0.15, 0.2) is 0 Å². The second kappa shape index (κ2) is 7.75. The quantitative estimate of drug-likeness (QED) is 0.729. The highest BCUT2D eigenvalue weighted by atomic mass is 35.5. The van der Waals surface area contributed by atoms with Crippen LogP contribution in [0.4, 0.5) is 0 Å². The van der Waals surface area contributed by atoms with Crippen LogP contribution in [0.3, 0.4) is 0 Å². The molecule has 1 atom stereocenters. The highest BCUT2D eigenvalue weighted by Crippen LogP contribution is 2.20. The molecule has 0 aromatic carbocycles. The zero-order valence-electron chi connectivity index (χ0n) is 13.8. The Balaban J connectivity index is 1.89. The highest BCUT2D eigenvalue weighted by Gasteiger charge is 2.35.